The maximum Gasteiger partial charge on any atom is 0.191 e. The number of nitrogens with one attached hydrogen (secondary N) is 2. The van der Waals surface area contributed by atoms with Crippen LogP contribution in [0, 0.1) is 0 Å². The highest BCUT2D eigenvalue weighted by molar-refractivity contribution is 14.0. The molecular formula is C24H31IN6. The Morgan fingerprint density at radius 1 is 1.06 bits per heavy atom. The number of imidazole rings is 1. The van der Waals surface area contributed by atoms with Crippen molar-refractivity contribution >= 4 is 29.9 Å². The van der Waals surface area contributed by atoms with Crippen LogP contribution < -0.4 is 10.6 Å². The number of hydrogen-bond acceptors (Lipinski definition) is 3. The van der Waals surface area contributed by atoms with Crippen LogP contribution in [0.4, 0.5) is 0 Å². The van der Waals surface area contributed by atoms with Gasteiger partial charge in [0, 0.05) is 51.7 Å². The first-order valence-electron chi connectivity index (χ1n) is 10.6. The Morgan fingerprint density at radius 2 is 1.81 bits per heavy atom. The van der Waals surface area contributed by atoms with E-state index >= 15 is 0 Å². The van der Waals surface area contributed by atoms with Gasteiger partial charge in [0.25, 0.3) is 0 Å². The Hall–Kier alpha value is -2.39. The van der Waals surface area contributed by atoms with Gasteiger partial charge in [-0.2, -0.15) is 0 Å². The van der Waals surface area contributed by atoms with Crippen LogP contribution >= 0.6 is 24.0 Å². The molecule has 0 aliphatic carbocycles. The molecule has 1 aliphatic heterocycles. The molecule has 2 aromatic carbocycles. The second kappa shape index (κ2) is 11.9. The van der Waals surface area contributed by atoms with E-state index in [0.717, 1.165) is 44.1 Å². The van der Waals surface area contributed by atoms with E-state index in [1.165, 1.54) is 11.1 Å². The number of benzene rings is 2. The number of rotatable bonds is 6. The summed E-state index contributed by atoms with van der Waals surface area (Å²) in [6.45, 7) is 3.95. The maximum atomic E-state index is 4.44. The smallest absolute Gasteiger partial charge is 0.191 e. The van der Waals surface area contributed by atoms with Crippen LogP contribution in [0.1, 0.15) is 24.0 Å². The van der Waals surface area contributed by atoms with Crippen molar-refractivity contribution in [1.29, 1.82) is 0 Å². The minimum Gasteiger partial charge on any atom is -0.354 e. The van der Waals surface area contributed by atoms with Gasteiger partial charge in [-0.1, -0.05) is 48.5 Å². The lowest BCUT2D eigenvalue weighted by atomic mass is 10.0. The molecule has 0 spiro atoms. The standard InChI is InChI=1S/C24H30N6.HI/c1-25-24(27-17-21-9-5-6-10-23(21)30-16-13-26-19-30)28-22-11-14-29(15-12-22)18-20-7-3-2-4-8-20;/h2-10,13,16,19,22H,11-12,14-15,17-18H2,1H3,(H2,25,27,28);1H. The molecule has 0 saturated carbocycles. The van der Waals surface area contributed by atoms with Crippen LogP contribution in [-0.4, -0.2) is 46.6 Å². The van der Waals surface area contributed by atoms with E-state index in [-0.39, 0.29) is 24.0 Å². The van der Waals surface area contributed by atoms with Gasteiger partial charge in [0.2, 0.25) is 0 Å². The molecule has 2 heterocycles. The molecule has 4 rings (SSSR count). The quantitative estimate of drug-likeness (QED) is 0.289. The van der Waals surface area contributed by atoms with Crippen molar-refractivity contribution in [3.05, 3.63) is 84.4 Å². The summed E-state index contributed by atoms with van der Waals surface area (Å²) in [5, 5.41) is 7.09. The van der Waals surface area contributed by atoms with Gasteiger partial charge in [0.15, 0.2) is 5.96 Å². The molecule has 1 aliphatic rings. The Labute approximate surface area is 201 Å². The Balaban J connectivity index is 0.00000272. The molecule has 31 heavy (non-hydrogen) atoms. The lowest BCUT2D eigenvalue weighted by Gasteiger charge is -2.33. The number of piperidine rings is 1. The third-order valence-electron chi connectivity index (χ3n) is 5.62. The predicted molar refractivity (Wildman–Crippen MR) is 137 cm³/mol. The van der Waals surface area contributed by atoms with Gasteiger partial charge < -0.3 is 15.2 Å². The topological polar surface area (TPSA) is 57.5 Å². The number of aliphatic imine (C=N–C) groups is 1. The summed E-state index contributed by atoms with van der Waals surface area (Å²) < 4.78 is 2.04. The minimum absolute atomic E-state index is 0. The third kappa shape index (κ3) is 6.54. The molecule has 2 N–H and O–H groups in total. The molecule has 0 unspecified atom stereocenters. The second-order valence-electron chi connectivity index (χ2n) is 7.70. The number of hydrogen-bond donors (Lipinski definition) is 2. The van der Waals surface area contributed by atoms with E-state index < -0.39 is 0 Å². The summed E-state index contributed by atoms with van der Waals surface area (Å²) in [4.78, 5) is 11.1. The molecule has 0 bridgehead atoms. The van der Waals surface area contributed by atoms with Gasteiger partial charge in [-0.25, -0.2) is 4.98 Å². The number of para-hydroxylation sites is 1. The van der Waals surface area contributed by atoms with E-state index in [9.17, 15) is 0 Å². The molecule has 6 nitrogen and oxygen atoms in total. The van der Waals surface area contributed by atoms with Crippen LogP contribution in [-0.2, 0) is 13.1 Å². The molecule has 0 amide bonds. The van der Waals surface area contributed by atoms with Gasteiger partial charge in [-0.15, -0.1) is 24.0 Å². The van der Waals surface area contributed by atoms with E-state index in [1.54, 1.807) is 6.20 Å². The van der Waals surface area contributed by atoms with Crippen molar-refractivity contribution in [2.45, 2.75) is 32.0 Å². The second-order valence-corrected chi connectivity index (χ2v) is 7.70. The fraction of sp³-hybridized carbons (Fsp3) is 0.333. The van der Waals surface area contributed by atoms with Crippen molar-refractivity contribution in [2.75, 3.05) is 20.1 Å². The van der Waals surface area contributed by atoms with Crippen molar-refractivity contribution in [3.63, 3.8) is 0 Å². The van der Waals surface area contributed by atoms with Gasteiger partial charge >= 0.3 is 0 Å². The highest BCUT2D eigenvalue weighted by Gasteiger charge is 2.20. The minimum atomic E-state index is 0. The fourth-order valence-electron chi connectivity index (χ4n) is 3.96. The van der Waals surface area contributed by atoms with E-state index in [0.29, 0.717) is 12.6 Å². The Bertz CT molecular complexity index is 934. The van der Waals surface area contributed by atoms with E-state index in [2.05, 4.69) is 80.1 Å². The molecule has 0 radical (unpaired) electrons. The molecule has 1 saturated heterocycles. The van der Waals surface area contributed by atoms with Crippen LogP contribution in [0.15, 0.2) is 78.3 Å². The van der Waals surface area contributed by atoms with Crippen molar-refractivity contribution in [3.8, 4) is 5.69 Å². The zero-order valence-corrected chi connectivity index (χ0v) is 20.3. The summed E-state index contributed by atoms with van der Waals surface area (Å²) in [7, 11) is 1.83. The molecule has 7 heteroatoms. The maximum absolute atomic E-state index is 4.44. The van der Waals surface area contributed by atoms with Crippen molar-refractivity contribution < 1.29 is 0 Å². The van der Waals surface area contributed by atoms with Crippen LogP contribution in [0.2, 0.25) is 0 Å². The summed E-state index contributed by atoms with van der Waals surface area (Å²) in [6, 6.07) is 19.5. The molecular weight excluding hydrogens is 499 g/mol. The summed E-state index contributed by atoms with van der Waals surface area (Å²) in [5.41, 5.74) is 3.72. The van der Waals surface area contributed by atoms with Gasteiger partial charge in [-0.3, -0.25) is 9.89 Å². The summed E-state index contributed by atoms with van der Waals surface area (Å²) in [6.07, 6.45) is 7.84. The third-order valence-corrected chi connectivity index (χ3v) is 5.62. The summed E-state index contributed by atoms with van der Waals surface area (Å²) >= 11 is 0. The molecule has 1 fully saturated rings. The Morgan fingerprint density at radius 3 is 2.52 bits per heavy atom. The zero-order valence-electron chi connectivity index (χ0n) is 17.9. The zero-order chi connectivity index (χ0) is 20.6. The molecule has 3 aromatic rings. The van der Waals surface area contributed by atoms with E-state index in [4.69, 9.17) is 0 Å². The average molecular weight is 530 g/mol. The van der Waals surface area contributed by atoms with Crippen molar-refractivity contribution in [2.24, 2.45) is 4.99 Å². The lowest BCUT2D eigenvalue weighted by molar-refractivity contribution is 0.198. The van der Waals surface area contributed by atoms with Crippen molar-refractivity contribution in [1.82, 2.24) is 25.1 Å². The number of likely N-dealkylation sites (tertiary alicyclic amines) is 1. The summed E-state index contributed by atoms with van der Waals surface area (Å²) in [5.74, 6) is 0.858. The highest BCUT2D eigenvalue weighted by atomic mass is 127. The normalized spacial score (nSPS) is 15.3. The van der Waals surface area contributed by atoms with Gasteiger partial charge in [0.05, 0.1) is 12.0 Å². The number of halogens is 1. The average Bonchev–Trinajstić information content (AvgIpc) is 3.33. The number of nitrogens with zero attached hydrogens (tertiary/aromatic N) is 4. The number of aromatic nitrogens is 2. The van der Waals surface area contributed by atoms with Gasteiger partial charge in [-0.05, 0) is 30.0 Å². The SMILES string of the molecule is CN=C(NCc1ccccc1-n1ccnc1)NC1CCN(Cc2ccccc2)CC1.I. The molecule has 1 aromatic heterocycles. The van der Waals surface area contributed by atoms with E-state index in [1.807, 2.05) is 24.1 Å². The molecule has 164 valence electrons. The highest BCUT2D eigenvalue weighted by Crippen LogP contribution is 2.15. The van der Waals surface area contributed by atoms with Crippen LogP contribution in [0.3, 0.4) is 0 Å². The monoisotopic (exact) mass is 530 g/mol. The first-order chi connectivity index (χ1) is 14.8. The Kier molecular flexibility index (Phi) is 8.90. The largest absolute Gasteiger partial charge is 0.354 e. The van der Waals surface area contributed by atoms with Crippen LogP contribution in [0.25, 0.3) is 5.69 Å². The predicted octanol–water partition coefficient (Wildman–Crippen LogP) is 3.82. The first kappa shape index (κ1) is 23.3. The first-order valence-corrected chi connectivity index (χ1v) is 10.6. The van der Waals surface area contributed by atoms with Crippen LogP contribution in [0.5, 0.6) is 0 Å². The lowest BCUT2D eigenvalue weighted by Crippen LogP contribution is -2.48. The number of guanidine groups is 1. The van der Waals surface area contributed by atoms with Gasteiger partial charge in [0.1, 0.15) is 0 Å². The molecule has 0 atom stereocenters. The fourth-order valence-corrected chi connectivity index (χ4v) is 3.96.